The zero-order valence-electron chi connectivity index (χ0n) is 12.7. The van der Waals surface area contributed by atoms with Crippen LogP contribution in [0.3, 0.4) is 0 Å². The fraction of sp³-hybridized carbons (Fsp3) is 0.176. The van der Waals surface area contributed by atoms with Gasteiger partial charge >= 0.3 is 6.18 Å². The van der Waals surface area contributed by atoms with Crippen LogP contribution in [0.4, 0.5) is 18.9 Å². The Morgan fingerprint density at radius 1 is 1.16 bits per heavy atom. The summed E-state index contributed by atoms with van der Waals surface area (Å²) < 4.78 is 39.3. The molecule has 0 aromatic heterocycles. The van der Waals surface area contributed by atoms with Crippen LogP contribution >= 0.6 is 27.7 Å². The Balaban J connectivity index is 1.72. The summed E-state index contributed by atoms with van der Waals surface area (Å²) in [5.41, 5.74) is 0.440. The van der Waals surface area contributed by atoms with Crippen LogP contribution in [0.1, 0.15) is 11.1 Å². The molecule has 1 saturated heterocycles. The summed E-state index contributed by atoms with van der Waals surface area (Å²) in [5, 5.41) is 2.62. The lowest BCUT2D eigenvalue weighted by Crippen LogP contribution is -2.26. The second kappa shape index (κ2) is 7.21. The number of nitrogens with one attached hydrogen (secondary N) is 1. The highest BCUT2D eigenvalue weighted by molar-refractivity contribution is 9.10. The van der Waals surface area contributed by atoms with Crippen molar-refractivity contribution in [3.8, 4) is 0 Å². The summed E-state index contributed by atoms with van der Waals surface area (Å²) in [6.07, 6.45) is -4.19. The minimum Gasteiger partial charge on any atom is -0.304 e. The highest BCUT2D eigenvalue weighted by atomic mass is 79.9. The number of amidine groups is 1. The Labute approximate surface area is 154 Å². The van der Waals surface area contributed by atoms with Gasteiger partial charge in [-0.05, 0) is 42.3 Å². The van der Waals surface area contributed by atoms with Gasteiger partial charge in [-0.2, -0.15) is 13.2 Å². The summed E-state index contributed by atoms with van der Waals surface area (Å²) in [4.78, 5) is 16.4. The van der Waals surface area contributed by atoms with Gasteiger partial charge in [0.15, 0.2) is 5.17 Å². The normalized spacial score (nSPS) is 19.3. The molecule has 0 bridgehead atoms. The number of carbonyl (C=O) groups excluding carboxylic acids is 1. The lowest BCUT2D eigenvalue weighted by atomic mass is 10.1. The minimum absolute atomic E-state index is 0.208. The largest absolute Gasteiger partial charge is 0.416 e. The van der Waals surface area contributed by atoms with Crippen LogP contribution in [0.25, 0.3) is 0 Å². The van der Waals surface area contributed by atoms with Crippen molar-refractivity contribution >= 4 is 44.5 Å². The number of thioether (sulfide) groups is 1. The molecule has 3 rings (SSSR count). The maximum absolute atomic E-state index is 12.8. The molecule has 25 heavy (non-hydrogen) atoms. The number of alkyl halides is 3. The molecule has 0 saturated carbocycles. The summed E-state index contributed by atoms with van der Waals surface area (Å²) in [6, 6.07) is 12.3. The van der Waals surface area contributed by atoms with Gasteiger partial charge in [-0.25, -0.2) is 4.99 Å². The smallest absolute Gasteiger partial charge is 0.304 e. The zero-order chi connectivity index (χ0) is 18.0. The topological polar surface area (TPSA) is 41.5 Å². The van der Waals surface area contributed by atoms with E-state index in [-0.39, 0.29) is 12.3 Å². The molecule has 1 aliphatic rings. The van der Waals surface area contributed by atoms with Crippen LogP contribution in [-0.2, 0) is 17.4 Å². The van der Waals surface area contributed by atoms with E-state index in [2.05, 4.69) is 26.2 Å². The first-order valence-electron chi connectivity index (χ1n) is 7.29. The van der Waals surface area contributed by atoms with E-state index in [1.807, 2.05) is 12.1 Å². The predicted octanol–water partition coefficient (Wildman–Crippen LogP) is 4.93. The van der Waals surface area contributed by atoms with E-state index in [0.717, 1.165) is 16.6 Å². The van der Waals surface area contributed by atoms with Crippen molar-refractivity contribution in [1.82, 2.24) is 5.32 Å². The van der Waals surface area contributed by atoms with Crippen LogP contribution in [0, 0.1) is 0 Å². The molecule has 8 heteroatoms. The van der Waals surface area contributed by atoms with Crippen LogP contribution in [0.15, 0.2) is 58.0 Å². The molecule has 2 aromatic rings. The van der Waals surface area contributed by atoms with Crippen LogP contribution < -0.4 is 5.32 Å². The summed E-state index contributed by atoms with van der Waals surface area (Å²) in [7, 11) is 0. The Bertz CT molecular complexity index is 821. The van der Waals surface area contributed by atoms with Gasteiger partial charge in [0.1, 0.15) is 0 Å². The summed E-state index contributed by atoms with van der Waals surface area (Å²) in [5.74, 6) is -0.252. The van der Waals surface area contributed by atoms with E-state index >= 15 is 0 Å². The highest BCUT2D eigenvalue weighted by Crippen LogP contribution is 2.31. The van der Waals surface area contributed by atoms with Crippen molar-refractivity contribution in [1.29, 1.82) is 0 Å². The molecule has 3 nitrogen and oxygen atoms in total. The van der Waals surface area contributed by atoms with E-state index < -0.39 is 17.0 Å². The number of hydrogen-bond donors (Lipinski definition) is 1. The monoisotopic (exact) mass is 428 g/mol. The molecule has 2 aromatic carbocycles. The average Bonchev–Trinajstić information content (AvgIpc) is 2.88. The molecule has 0 radical (unpaired) electrons. The average molecular weight is 429 g/mol. The first kappa shape index (κ1) is 18.0. The van der Waals surface area contributed by atoms with Gasteiger partial charge in [0.2, 0.25) is 5.91 Å². The Morgan fingerprint density at radius 3 is 2.56 bits per heavy atom. The third kappa shape index (κ3) is 4.64. The Hall–Kier alpha value is -1.80. The molecule has 1 amide bonds. The molecule has 0 aliphatic carbocycles. The second-order valence-electron chi connectivity index (χ2n) is 5.39. The highest BCUT2D eigenvalue weighted by Gasteiger charge is 2.33. The minimum atomic E-state index is -4.39. The fourth-order valence-electron chi connectivity index (χ4n) is 2.31. The zero-order valence-corrected chi connectivity index (χ0v) is 15.1. The molecule has 0 spiro atoms. The third-order valence-electron chi connectivity index (χ3n) is 3.51. The number of rotatable bonds is 3. The van der Waals surface area contributed by atoms with Crippen molar-refractivity contribution < 1.29 is 18.0 Å². The van der Waals surface area contributed by atoms with Gasteiger partial charge in [-0.3, -0.25) is 4.79 Å². The third-order valence-corrected chi connectivity index (χ3v) is 5.12. The van der Waals surface area contributed by atoms with Crippen molar-refractivity contribution in [3.63, 3.8) is 0 Å². The number of halogens is 4. The Morgan fingerprint density at radius 2 is 1.88 bits per heavy atom. The van der Waals surface area contributed by atoms with Crippen LogP contribution in [-0.4, -0.2) is 16.3 Å². The van der Waals surface area contributed by atoms with Gasteiger partial charge in [-0.1, -0.05) is 45.9 Å². The predicted molar refractivity (Wildman–Crippen MR) is 95.9 cm³/mol. The van der Waals surface area contributed by atoms with Gasteiger partial charge in [0, 0.05) is 4.47 Å². The summed E-state index contributed by atoms with van der Waals surface area (Å²) >= 11 is 4.55. The van der Waals surface area contributed by atoms with E-state index in [0.29, 0.717) is 16.4 Å². The lowest BCUT2D eigenvalue weighted by Gasteiger charge is -2.10. The number of carbonyl (C=O) groups is 1. The van der Waals surface area contributed by atoms with Crippen molar-refractivity contribution in [2.45, 2.75) is 17.8 Å². The van der Waals surface area contributed by atoms with Crippen LogP contribution in [0.2, 0.25) is 0 Å². The van der Waals surface area contributed by atoms with E-state index in [1.54, 1.807) is 18.2 Å². The molecule has 1 unspecified atom stereocenters. The number of benzene rings is 2. The Kier molecular flexibility index (Phi) is 5.19. The first-order valence-corrected chi connectivity index (χ1v) is 8.96. The van der Waals surface area contributed by atoms with Crippen LogP contribution in [0.5, 0.6) is 0 Å². The van der Waals surface area contributed by atoms with E-state index in [4.69, 9.17) is 0 Å². The SMILES string of the molecule is O=C1NC(=Nc2ccc(Br)cc2)SC1Cc1cccc(C(F)(F)F)c1. The maximum atomic E-state index is 12.8. The quantitative estimate of drug-likeness (QED) is 0.752. The molecular weight excluding hydrogens is 417 g/mol. The first-order chi connectivity index (χ1) is 11.8. The summed E-state index contributed by atoms with van der Waals surface area (Å²) in [6.45, 7) is 0. The molecule has 1 aliphatic heterocycles. The van der Waals surface area contributed by atoms with Crippen molar-refractivity contribution in [2.75, 3.05) is 0 Å². The number of amides is 1. The molecule has 1 atom stereocenters. The standard InChI is InChI=1S/C17H12BrF3N2OS/c18-12-4-6-13(7-5-12)22-16-23-15(24)14(25-16)9-10-2-1-3-11(8-10)17(19,20)21/h1-8,14H,9H2,(H,22,23,24). The van der Waals surface area contributed by atoms with Gasteiger partial charge in [-0.15, -0.1) is 0 Å². The van der Waals surface area contributed by atoms with Gasteiger partial charge < -0.3 is 5.32 Å². The number of aliphatic imine (C=N–C) groups is 1. The number of nitrogens with zero attached hydrogens (tertiary/aromatic N) is 1. The molecule has 130 valence electrons. The molecule has 1 heterocycles. The molecule has 1 fully saturated rings. The van der Waals surface area contributed by atoms with Gasteiger partial charge in [0.05, 0.1) is 16.5 Å². The van der Waals surface area contributed by atoms with Crippen molar-refractivity contribution in [3.05, 3.63) is 64.1 Å². The van der Waals surface area contributed by atoms with E-state index in [1.165, 1.54) is 17.8 Å². The molecule has 1 N–H and O–H groups in total. The lowest BCUT2D eigenvalue weighted by molar-refractivity contribution is -0.137. The van der Waals surface area contributed by atoms with E-state index in [9.17, 15) is 18.0 Å². The number of hydrogen-bond acceptors (Lipinski definition) is 3. The van der Waals surface area contributed by atoms with Gasteiger partial charge in [0.25, 0.3) is 0 Å². The maximum Gasteiger partial charge on any atom is 0.416 e. The molecular formula is C17H12BrF3N2OS. The van der Waals surface area contributed by atoms with Crippen molar-refractivity contribution in [2.24, 2.45) is 4.99 Å². The fourth-order valence-corrected chi connectivity index (χ4v) is 3.61. The second-order valence-corrected chi connectivity index (χ2v) is 7.50.